The highest BCUT2D eigenvalue weighted by molar-refractivity contribution is 6.00. The van der Waals surface area contributed by atoms with Crippen LogP contribution in [-0.2, 0) is 4.79 Å². The van der Waals surface area contributed by atoms with Gasteiger partial charge in [-0.3, -0.25) is 14.6 Å². The summed E-state index contributed by atoms with van der Waals surface area (Å²) in [7, 11) is 0. The van der Waals surface area contributed by atoms with Gasteiger partial charge in [0.1, 0.15) is 11.4 Å². The Bertz CT molecular complexity index is 813. The third kappa shape index (κ3) is 5.13. The number of hydrazone groups is 1. The van der Waals surface area contributed by atoms with Crippen molar-refractivity contribution in [3.05, 3.63) is 59.9 Å². The van der Waals surface area contributed by atoms with Gasteiger partial charge in [0.15, 0.2) is 6.61 Å². The lowest BCUT2D eigenvalue weighted by molar-refractivity contribution is -0.132. The fraction of sp³-hybridized carbons (Fsp3) is 0.300. The fourth-order valence-electron chi connectivity index (χ4n) is 2.75. The van der Waals surface area contributed by atoms with Gasteiger partial charge in [-0.15, -0.1) is 0 Å². The molecule has 1 aliphatic rings. The summed E-state index contributed by atoms with van der Waals surface area (Å²) in [6, 6.07) is 12.3. The number of hydrogen-bond donors (Lipinski definition) is 1. The first kappa shape index (κ1) is 18.6. The molecule has 0 saturated carbocycles. The Morgan fingerprint density at radius 2 is 1.89 bits per heavy atom. The van der Waals surface area contributed by atoms with Crippen LogP contribution in [0.5, 0.6) is 5.75 Å². The van der Waals surface area contributed by atoms with Crippen molar-refractivity contribution in [1.82, 2.24) is 15.3 Å². The number of benzene rings is 1. The van der Waals surface area contributed by atoms with E-state index in [2.05, 4.69) is 15.5 Å². The van der Waals surface area contributed by atoms with E-state index in [1.807, 2.05) is 17.0 Å². The molecule has 2 heterocycles. The van der Waals surface area contributed by atoms with E-state index in [1.165, 1.54) is 0 Å². The van der Waals surface area contributed by atoms with Crippen LogP contribution in [-0.4, -0.2) is 47.1 Å². The van der Waals surface area contributed by atoms with Crippen LogP contribution in [0.25, 0.3) is 0 Å². The monoisotopic (exact) mass is 366 g/mol. The van der Waals surface area contributed by atoms with Crippen LogP contribution < -0.4 is 10.2 Å². The van der Waals surface area contributed by atoms with Gasteiger partial charge >= 0.3 is 0 Å². The molecule has 0 aliphatic carbocycles. The first-order valence-electron chi connectivity index (χ1n) is 8.90. The molecule has 0 radical (unpaired) electrons. The fourth-order valence-corrected chi connectivity index (χ4v) is 2.75. The van der Waals surface area contributed by atoms with Gasteiger partial charge in [-0.1, -0.05) is 6.07 Å². The number of rotatable bonds is 6. The average molecular weight is 366 g/mol. The van der Waals surface area contributed by atoms with Crippen molar-refractivity contribution in [3.63, 3.8) is 0 Å². The largest absolute Gasteiger partial charge is 0.484 e. The maximum atomic E-state index is 12.0. The molecule has 0 spiro atoms. The first-order chi connectivity index (χ1) is 13.1. The summed E-state index contributed by atoms with van der Waals surface area (Å²) in [6.45, 7) is 3.49. The number of nitrogens with zero attached hydrogens (tertiary/aromatic N) is 3. The topological polar surface area (TPSA) is 83.9 Å². The third-order valence-corrected chi connectivity index (χ3v) is 4.32. The lowest BCUT2D eigenvalue weighted by Gasteiger charge is -2.15. The summed E-state index contributed by atoms with van der Waals surface area (Å²) >= 11 is 0. The van der Waals surface area contributed by atoms with E-state index in [4.69, 9.17) is 4.74 Å². The van der Waals surface area contributed by atoms with Crippen LogP contribution in [0, 0.1) is 0 Å². The van der Waals surface area contributed by atoms with Gasteiger partial charge in [-0.2, -0.15) is 5.10 Å². The molecule has 2 aromatic rings. The van der Waals surface area contributed by atoms with Crippen molar-refractivity contribution in [3.8, 4) is 5.75 Å². The molecule has 7 nitrogen and oxygen atoms in total. The van der Waals surface area contributed by atoms with Crippen molar-refractivity contribution in [2.75, 3.05) is 19.7 Å². The highest BCUT2D eigenvalue weighted by Gasteiger charge is 2.18. The van der Waals surface area contributed by atoms with E-state index in [-0.39, 0.29) is 18.4 Å². The Morgan fingerprint density at radius 1 is 1.15 bits per heavy atom. The first-order valence-corrected chi connectivity index (χ1v) is 8.90. The van der Waals surface area contributed by atoms with E-state index in [0.29, 0.717) is 17.2 Å². The van der Waals surface area contributed by atoms with Crippen molar-refractivity contribution in [1.29, 1.82) is 0 Å². The van der Waals surface area contributed by atoms with E-state index >= 15 is 0 Å². The molecule has 140 valence electrons. The van der Waals surface area contributed by atoms with E-state index in [1.54, 1.807) is 43.5 Å². The predicted molar refractivity (Wildman–Crippen MR) is 102 cm³/mol. The van der Waals surface area contributed by atoms with Crippen molar-refractivity contribution >= 4 is 17.5 Å². The molecular formula is C20H22N4O3. The normalized spacial score (nSPS) is 14.1. The van der Waals surface area contributed by atoms with Gasteiger partial charge < -0.3 is 9.64 Å². The number of aromatic nitrogens is 1. The van der Waals surface area contributed by atoms with Gasteiger partial charge in [-0.05, 0) is 61.7 Å². The van der Waals surface area contributed by atoms with Gasteiger partial charge in [0.05, 0.1) is 5.71 Å². The van der Waals surface area contributed by atoms with E-state index < -0.39 is 0 Å². The molecule has 3 rings (SSSR count). The number of amides is 2. The van der Waals surface area contributed by atoms with Crippen LogP contribution in [0.2, 0.25) is 0 Å². The van der Waals surface area contributed by atoms with Crippen LogP contribution in [0.15, 0.2) is 53.8 Å². The van der Waals surface area contributed by atoms with E-state index in [9.17, 15) is 9.59 Å². The molecule has 27 heavy (non-hydrogen) atoms. The van der Waals surface area contributed by atoms with Gasteiger partial charge in [-0.25, -0.2) is 5.43 Å². The number of likely N-dealkylation sites (tertiary alicyclic amines) is 1. The number of hydrogen-bond acceptors (Lipinski definition) is 5. The molecule has 1 aliphatic heterocycles. The summed E-state index contributed by atoms with van der Waals surface area (Å²) in [5.74, 6) is 0.276. The van der Waals surface area contributed by atoms with E-state index in [0.717, 1.165) is 31.5 Å². The average Bonchev–Trinajstić information content (AvgIpc) is 3.26. The summed E-state index contributed by atoms with van der Waals surface area (Å²) in [6.07, 6.45) is 3.69. The molecule has 2 amide bonds. The third-order valence-electron chi connectivity index (χ3n) is 4.32. The summed E-state index contributed by atoms with van der Waals surface area (Å²) in [5, 5.41) is 4.10. The molecular weight excluding hydrogens is 344 g/mol. The smallest absolute Gasteiger partial charge is 0.289 e. The number of nitrogens with one attached hydrogen (secondary N) is 1. The van der Waals surface area contributed by atoms with Crippen LogP contribution in [0.1, 0.15) is 35.8 Å². The summed E-state index contributed by atoms with van der Waals surface area (Å²) in [4.78, 5) is 29.8. The molecule has 1 fully saturated rings. The molecule has 1 aromatic carbocycles. The highest BCUT2D eigenvalue weighted by Crippen LogP contribution is 2.14. The lowest BCUT2D eigenvalue weighted by Crippen LogP contribution is -2.32. The SMILES string of the molecule is C/C(=N/NC(=O)c1ccccn1)c1ccc(OCC(=O)N2CCCC2)cc1. The number of pyridine rings is 1. The molecule has 0 atom stereocenters. The quantitative estimate of drug-likeness (QED) is 0.628. The maximum Gasteiger partial charge on any atom is 0.289 e. The van der Waals surface area contributed by atoms with Crippen molar-refractivity contribution in [2.24, 2.45) is 5.10 Å². The van der Waals surface area contributed by atoms with Crippen LogP contribution in [0.3, 0.4) is 0 Å². The zero-order valence-corrected chi connectivity index (χ0v) is 15.2. The number of carbonyl (C=O) groups excluding carboxylic acids is 2. The summed E-state index contributed by atoms with van der Waals surface area (Å²) in [5.41, 5.74) is 4.29. The Morgan fingerprint density at radius 3 is 2.56 bits per heavy atom. The molecule has 0 unspecified atom stereocenters. The molecule has 1 aromatic heterocycles. The molecule has 1 saturated heterocycles. The Balaban J connectivity index is 1.52. The summed E-state index contributed by atoms with van der Waals surface area (Å²) < 4.78 is 5.56. The second kappa shape index (κ2) is 8.93. The van der Waals surface area contributed by atoms with Crippen molar-refractivity contribution < 1.29 is 14.3 Å². The Labute approximate surface area is 158 Å². The van der Waals surface area contributed by atoms with Crippen LogP contribution >= 0.6 is 0 Å². The highest BCUT2D eigenvalue weighted by atomic mass is 16.5. The van der Waals surface area contributed by atoms with Gasteiger partial charge in [0, 0.05) is 19.3 Å². The zero-order chi connectivity index (χ0) is 19.1. The predicted octanol–water partition coefficient (Wildman–Crippen LogP) is 2.24. The standard InChI is InChI=1S/C20H22N4O3/c1-15(22-23-20(26)18-6-2-3-11-21-18)16-7-9-17(10-8-16)27-14-19(25)24-12-4-5-13-24/h2-3,6-11H,4-5,12-14H2,1H3,(H,23,26)/b22-15-. The molecule has 1 N–H and O–H groups in total. The number of carbonyl (C=O) groups is 2. The minimum atomic E-state index is -0.365. The molecule has 7 heteroatoms. The van der Waals surface area contributed by atoms with Crippen molar-refractivity contribution in [2.45, 2.75) is 19.8 Å². The second-order valence-corrected chi connectivity index (χ2v) is 6.25. The van der Waals surface area contributed by atoms with Gasteiger partial charge in [0.25, 0.3) is 11.8 Å². The number of ether oxygens (including phenoxy) is 1. The molecule has 0 bridgehead atoms. The minimum Gasteiger partial charge on any atom is -0.484 e. The zero-order valence-electron chi connectivity index (χ0n) is 15.2. The Hall–Kier alpha value is -3.22. The second-order valence-electron chi connectivity index (χ2n) is 6.25. The maximum absolute atomic E-state index is 12.0. The van der Waals surface area contributed by atoms with Gasteiger partial charge in [0.2, 0.25) is 0 Å². The minimum absolute atomic E-state index is 0.0200. The van der Waals surface area contributed by atoms with Crippen LogP contribution in [0.4, 0.5) is 0 Å². The Kier molecular flexibility index (Phi) is 6.14. The lowest BCUT2D eigenvalue weighted by atomic mass is 10.1.